The van der Waals surface area contributed by atoms with Gasteiger partial charge in [-0.1, -0.05) is 18.2 Å². The third kappa shape index (κ3) is 2.25. The number of carbonyl (C=O) groups is 1. The quantitative estimate of drug-likeness (QED) is 0.826. The second-order valence-electron chi connectivity index (χ2n) is 3.53. The first-order valence-electron chi connectivity index (χ1n) is 5.06. The number of carboxylic acid groups (broad SMARTS) is 1. The number of aliphatic carboxylic acids is 1. The first kappa shape index (κ1) is 12.3. The lowest BCUT2D eigenvalue weighted by Crippen LogP contribution is -2.32. The molecule has 0 radical (unpaired) electrons. The number of hydrogen-bond acceptors (Lipinski definition) is 4. The van der Waals surface area contributed by atoms with Crippen LogP contribution in [0, 0.1) is 0 Å². The van der Waals surface area contributed by atoms with Crippen LogP contribution in [0.2, 0.25) is 0 Å². The molecule has 18 heavy (non-hydrogen) atoms. The number of carboxylic acids is 1. The highest BCUT2D eigenvalue weighted by atomic mass is 32.2. The van der Waals surface area contributed by atoms with E-state index >= 15 is 0 Å². The molecule has 1 heterocycles. The van der Waals surface area contributed by atoms with Gasteiger partial charge in [0.25, 0.3) is 10.0 Å². The monoisotopic (exact) mass is 266 g/mol. The van der Waals surface area contributed by atoms with Crippen LogP contribution in [0.25, 0.3) is 0 Å². The number of aliphatic imine (C=N–C) groups is 1. The van der Waals surface area contributed by atoms with Crippen molar-refractivity contribution in [3.8, 4) is 0 Å². The lowest BCUT2D eigenvalue weighted by atomic mass is 10.3. The molecule has 0 aromatic heterocycles. The standard InChI is InChI=1S/C11H10N2O4S/c14-11(15)6-3-7-13-8-12-9-4-1-2-5-10(9)18(13,16)17/h1-6,8H,7H2,(H,14,15)/b6-3+. The summed E-state index contributed by atoms with van der Waals surface area (Å²) < 4.78 is 25.3. The van der Waals surface area contributed by atoms with Gasteiger partial charge in [0.1, 0.15) is 11.2 Å². The van der Waals surface area contributed by atoms with Gasteiger partial charge in [-0.2, -0.15) is 0 Å². The number of sulfonamides is 1. The van der Waals surface area contributed by atoms with Crippen LogP contribution in [0.3, 0.4) is 0 Å². The fourth-order valence-corrected chi connectivity index (χ4v) is 2.84. The molecule has 0 unspecified atom stereocenters. The van der Waals surface area contributed by atoms with E-state index in [4.69, 9.17) is 5.11 Å². The Morgan fingerprint density at radius 2 is 2.11 bits per heavy atom. The van der Waals surface area contributed by atoms with Crippen LogP contribution in [-0.2, 0) is 14.8 Å². The van der Waals surface area contributed by atoms with E-state index in [-0.39, 0.29) is 11.4 Å². The topological polar surface area (TPSA) is 87.0 Å². The minimum absolute atomic E-state index is 0.0630. The maximum Gasteiger partial charge on any atom is 0.328 e. The fourth-order valence-electron chi connectivity index (χ4n) is 1.50. The lowest BCUT2D eigenvalue weighted by molar-refractivity contribution is -0.131. The molecule has 1 aromatic carbocycles. The molecule has 0 amide bonds. The average Bonchev–Trinajstić information content (AvgIpc) is 2.32. The number of rotatable bonds is 3. The molecule has 1 N–H and O–H groups in total. The molecule has 7 heteroatoms. The van der Waals surface area contributed by atoms with E-state index in [1.165, 1.54) is 18.5 Å². The largest absolute Gasteiger partial charge is 0.478 e. The Kier molecular flexibility index (Phi) is 3.15. The Hall–Kier alpha value is -2.15. The van der Waals surface area contributed by atoms with Gasteiger partial charge in [-0.15, -0.1) is 0 Å². The van der Waals surface area contributed by atoms with E-state index in [0.29, 0.717) is 5.69 Å². The second-order valence-corrected chi connectivity index (χ2v) is 5.39. The van der Waals surface area contributed by atoms with Crippen LogP contribution in [0.5, 0.6) is 0 Å². The Labute approximate surface area is 104 Å². The molecule has 0 saturated carbocycles. The predicted octanol–water partition coefficient (Wildman–Crippen LogP) is 0.992. The van der Waals surface area contributed by atoms with Crippen LogP contribution >= 0.6 is 0 Å². The molecule has 1 aromatic rings. The van der Waals surface area contributed by atoms with Crippen molar-refractivity contribution in [2.45, 2.75) is 4.90 Å². The first-order chi connectivity index (χ1) is 8.51. The first-order valence-corrected chi connectivity index (χ1v) is 6.50. The molecule has 0 fully saturated rings. The van der Waals surface area contributed by atoms with E-state index in [1.54, 1.807) is 18.2 Å². The van der Waals surface area contributed by atoms with Crippen molar-refractivity contribution < 1.29 is 18.3 Å². The van der Waals surface area contributed by atoms with Gasteiger partial charge in [0.15, 0.2) is 0 Å². The van der Waals surface area contributed by atoms with Gasteiger partial charge in [-0.3, -0.25) is 4.31 Å². The minimum atomic E-state index is -3.64. The van der Waals surface area contributed by atoms with E-state index in [0.717, 1.165) is 10.4 Å². The molecule has 0 bridgehead atoms. The maximum absolute atomic E-state index is 12.1. The Bertz CT molecular complexity index is 634. The second kappa shape index (κ2) is 4.61. The summed E-state index contributed by atoms with van der Waals surface area (Å²) in [6.07, 6.45) is 3.33. The highest BCUT2D eigenvalue weighted by Crippen LogP contribution is 2.29. The lowest BCUT2D eigenvalue weighted by Gasteiger charge is -2.22. The summed E-state index contributed by atoms with van der Waals surface area (Å²) in [6.45, 7) is -0.0630. The highest BCUT2D eigenvalue weighted by Gasteiger charge is 2.27. The molecule has 94 valence electrons. The number of benzene rings is 1. The zero-order valence-corrected chi connectivity index (χ0v) is 10.0. The van der Waals surface area contributed by atoms with Crippen molar-refractivity contribution in [3.05, 3.63) is 36.4 Å². The van der Waals surface area contributed by atoms with E-state index < -0.39 is 16.0 Å². The summed E-state index contributed by atoms with van der Waals surface area (Å²) in [5, 5.41) is 8.44. The van der Waals surface area contributed by atoms with Gasteiger partial charge in [-0.05, 0) is 12.1 Å². The number of fused-ring (bicyclic) bond motifs is 1. The van der Waals surface area contributed by atoms with Gasteiger partial charge in [0, 0.05) is 6.08 Å². The summed E-state index contributed by atoms with van der Waals surface area (Å²) in [5.74, 6) is -1.12. The number of para-hydroxylation sites is 1. The zero-order chi connectivity index (χ0) is 13.2. The molecule has 0 aliphatic carbocycles. The smallest absolute Gasteiger partial charge is 0.328 e. The predicted molar refractivity (Wildman–Crippen MR) is 65.3 cm³/mol. The van der Waals surface area contributed by atoms with Crippen LogP contribution < -0.4 is 0 Å². The third-order valence-electron chi connectivity index (χ3n) is 2.32. The van der Waals surface area contributed by atoms with Gasteiger partial charge < -0.3 is 5.11 Å². The number of hydrogen-bond donors (Lipinski definition) is 1. The zero-order valence-electron chi connectivity index (χ0n) is 9.22. The van der Waals surface area contributed by atoms with Crippen molar-refractivity contribution in [2.24, 2.45) is 4.99 Å². The SMILES string of the molecule is O=C(O)/C=C/CN1C=Nc2ccccc2S1(=O)=O. The van der Waals surface area contributed by atoms with Crippen molar-refractivity contribution in [1.29, 1.82) is 0 Å². The maximum atomic E-state index is 12.1. The molecule has 1 aliphatic rings. The Balaban J connectivity index is 2.31. The van der Waals surface area contributed by atoms with Crippen LogP contribution in [-0.4, -0.2) is 36.7 Å². The van der Waals surface area contributed by atoms with Crippen molar-refractivity contribution in [3.63, 3.8) is 0 Å². The Morgan fingerprint density at radius 1 is 1.39 bits per heavy atom. The van der Waals surface area contributed by atoms with Crippen molar-refractivity contribution in [2.75, 3.05) is 6.54 Å². The molecular weight excluding hydrogens is 256 g/mol. The van der Waals surface area contributed by atoms with Gasteiger partial charge in [0.2, 0.25) is 0 Å². The average molecular weight is 266 g/mol. The van der Waals surface area contributed by atoms with Gasteiger partial charge >= 0.3 is 5.97 Å². The summed E-state index contributed by atoms with van der Waals surface area (Å²) in [6, 6.07) is 6.39. The molecule has 0 atom stereocenters. The third-order valence-corrected chi connectivity index (χ3v) is 4.09. The normalized spacial score (nSPS) is 16.8. The molecule has 1 aliphatic heterocycles. The van der Waals surface area contributed by atoms with E-state index in [2.05, 4.69) is 4.99 Å². The van der Waals surface area contributed by atoms with E-state index in [1.807, 2.05) is 0 Å². The van der Waals surface area contributed by atoms with Crippen LogP contribution in [0.1, 0.15) is 0 Å². The fraction of sp³-hybridized carbons (Fsp3) is 0.0909. The van der Waals surface area contributed by atoms with Gasteiger partial charge in [0.05, 0.1) is 12.2 Å². The minimum Gasteiger partial charge on any atom is -0.478 e. The van der Waals surface area contributed by atoms with Crippen LogP contribution in [0.15, 0.2) is 46.3 Å². The van der Waals surface area contributed by atoms with Gasteiger partial charge in [-0.25, -0.2) is 18.2 Å². The Morgan fingerprint density at radius 3 is 2.83 bits per heavy atom. The summed E-state index contributed by atoms with van der Waals surface area (Å²) >= 11 is 0. The molecule has 2 rings (SSSR count). The molecule has 6 nitrogen and oxygen atoms in total. The van der Waals surface area contributed by atoms with E-state index in [9.17, 15) is 13.2 Å². The summed E-state index contributed by atoms with van der Waals surface area (Å²) in [4.78, 5) is 14.4. The van der Waals surface area contributed by atoms with Crippen LogP contribution in [0.4, 0.5) is 5.69 Å². The summed E-state index contributed by atoms with van der Waals surface area (Å²) in [7, 11) is -3.64. The van der Waals surface area contributed by atoms with Crippen molar-refractivity contribution in [1.82, 2.24) is 4.31 Å². The number of nitrogens with zero attached hydrogens (tertiary/aromatic N) is 2. The molecular formula is C11H10N2O4S. The highest BCUT2D eigenvalue weighted by molar-refractivity contribution is 7.89. The molecule has 0 saturated heterocycles. The molecule has 0 spiro atoms. The van der Waals surface area contributed by atoms with Crippen molar-refractivity contribution >= 4 is 28.0 Å². The summed E-state index contributed by atoms with van der Waals surface area (Å²) in [5.41, 5.74) is 0.385.